The highest BCUT2D eigenvalue weighted by atomic mass is 15.3. The quantitative estimate of drug-likeness (QED) is 0.626. The van der Waals surface area contributed by atoms with E-state index in [0.717, 1.165) is 34.2 Å². The minimum Gasteiger partial charge on any atom is -0.364 e. The Morgan fingerprint density at radius 3 is 2.79 bits per heavy atom. The highest BCUT2D eigenvalue weighted by Crippen LogP contribution is 2.20. The lowest BCUT2D eigenvalue weighted by molar-refractivity contribution is 0.806. The maximum Gasteiger partial charge on any atom is 0.157 e. The third-order valence-corrected chi connectivity index (χ3v) is 4.03. The fourth-order valence-corrected chi connectivity index (χ4v) is 2.78. The molecule has 0 aliphatic carbocycles. The van der Waals surface area contributed by atoms with Crippen molar-refractivity contribution in [3.63, 3.8) is 0 Å². The summed E-state index contributed by atoms with van der Waals surface area (Å²) in [5, 5.41) is 7.99. The molecule has 0 aromatic carbocycles. The van der Waals surface area contributed by atoms with E-state index >= 15 is 0 Å². The number of nitrogens with zero attached hydrogens (tertiary/aromatic N) is 5. The third kappa shape index (κ3) is 2.60. The van der Waals surface area contributed by atoms with Gasteiger partial charge in [0.25, 0.3) is 0 Å². The molecule has 0 atom stereocenters. The van der Waals surface area contributed by atoms with Crippen LogP contribution >= 0.6 is 0 Å². The largest absolute Gasteiger partial charge is 0.364 e. The Bertz CT molecular complexity index is 978. The van der Waals surface area contributed by atoms with E-state index in [1.807, 2.05) is 52.5 Å². The van der Waals surface area contributed by atoms with Crippen molar-refractivity contribution < 1.29 is 0 Å². The van der Waals surface area contributed by atoms with Crippen LogP contribution in [-0.4, -0.2) is 24.0 Å². The fourth-order valence-electron chi connectivity index (χ4n) is 2.78. The first kappa shape index (κ1) is 14.7. The van der Waals surface area contributed by atoms with E-state index in [4.69, 9.17) is 0 Å². The number of fused-ring (bicyclic) bond motifs is 2. The number of hydrogen-bond acceptors (Lipinski definition) is 4. The van der Waals surface area contributed by atoms with Crippen LogP contribution in [-0.2, 0) is 6.54 Å². The van der Waals surface area contributed by atoms with Crippen molar-refractivity contribution in [3.8, 4) is 0 Å². The number of imidazole rings is 1. The lowest BCUT2D eigenvalue weighted by Crippen LogP contribution is -2.08. The molecule has 0 radical (unpaired) electrons. The van der Waals surface area contributed by atoms with Gasteiger partial charge in [0.2, 0.25) is 0 Å². The molecule has 4 rings (SSSR count). The molecule has 122 valence electrons. The SMILES string of the molecule is Cc1cc2nc(C(C)C)cc(NCc3cn4ccccc4n3)n2n1. The average Bonchev–Trinajstić information content (AvgIpc) is 3.13. The third-order valence-electron chi connectivity index (χ3n) is 4.03. The lowest BCUT2D eigenvalue weighted by atomic mass is 10.1. The van der Waals surface area contributed by atoms with Gasteiger partial charge in [-0.05, 0) is 25.0 Å². The maximum atomic E-state index is 4.69. The normalized spacial score (nSPS) is 11.7. The number of nitrogens with one attached hydrogen (secondary N) is 1. The predicted octanol–water partition coefficient (Wildman–Crippen LogP) is 3.42. The van der Waals surface area contributed by atoms with Crippen LogP contribution in [0.15, 0.2) is 42.7 Å². The topological polar surface area (TPSA) is 59.5 Å². The van der Waals surface area contributed by atoms with Gasteiger partial charge in [0, 0.05) is 30.2 Å². The smallest absolute Gasteiger partial charge is 0.157 e. The molecule has 4 aromatic rings. The number of aryl methyl sites for hydroxylation is 1. The molecule has 4 aromatic heterocycles. The van der Waals surface area contributed by atoms with Gasteiger partial charge in [0.15, 0.2) is 5.65 Å². The highest BCUT2D eigenvalue weighted by molar-refractivity contribution is 5.51. The molecule has 24 heavy (non-hydrogen) atoms. The Hall–Kier alpha value is -2.89. The maximum absolute atomic E-state index is 4.69. The second kappa shape index (κ2) is 5.63. The number of anilines is 1. The van der Waals surface area contributed by atoms with Gasteiger partial charge in [-0.3, -0.25) is 0 Å². The fraction of sp³-hybridized carbons (Fsp3) is 0.278. The molecule has 0 fully saturated rings. The molecule has 1 N–H and O–H groups in total. The molecule has 0 saturated carbocycles. The minimum atomic E-state index is 0.362. The Morgan fingerprint density at radius 2 is 2.00 bits per heavy atom. The van der Waals surface area contributed by atoms with Crippen molar-refractivity contribution in [2.45, 2.75) is 33.2 Å². The summed E-state index contributed by atoms with van der Waals surface area (Å²) in [7, 11) is 0. The molecule has 0 aliphatic rings. The zero-order chi connectivity index (χ0) is 16.7. The molecule has 0 unspecified atom stereocenters. The number of aromatic nitrogens is 5. The standard InChI is InChI=1S/C18H20N6/c1-12(2)15-9-17(24-18(21-15)8-13(3)22-24)19-10-14-11-23-7-5-4-6-16(23)20-14/h4-9,11-12,19H,10H2,1-3H3. The van der Waals surface area contributed by atoms with Crippen LogP contribution in [0.5, 0.6) is 0 Å². The molecular weight excluding hydrogens is 300 g/mol. The van der Waals surface area contributed by atoms with Gasteiger partial charge in [-0.15, -0.1) is 0 Å². The van der Waals surface area contributed by atoms with Gasteiger partial charge >= 0.3 is 0 Å². The van der Waals surface area contributed by atoms with Crippen LogP contribution in [0.25, 0.3) is 11.3 Å². The molecule has 0 spiro atoms. The van der Waals surface area contributed by atoms with Crippen molar-refractivity contribution in [2.24, 2.45) is 0 Å². The Kier molecular flexibility index (Phi) is 3.45. The van der Waals surface area contributed by atoms with Crippen LogP contribution in [0.2, 0.25) is 0 Å². The number of rotatable bonds is 4. The summed E-state index contributed by atoms with van der Waals surface area (Å²) < 4.78 is 3.88. The van der Waals surface area contributed by atoms with Crippen LogP contribution < -0.4 is 5.32 Å². The second-order valence-corrected chi connectivity index (χ2v) is 6.33. The van der Waals surface area contributed by atoms with E-state index < -0.39 is 0 Å². The van der Waals surface area contributed by atoms with Crippen LogP contribution in [0.3, 0.4) is 0 Å². The van der Waals surface area contributed by atoms with E-state index in [-0.39, 0.29) is 0 Å². The predicted molar refractivity (Wildman–Crippen MR) is 94.3 cm³/mol. The Labute approximate surface area is 140 Å². The van der Waals surface area contributed by atoms with E-state index in [0.29, 0.717) is 12.5 Å². The van der Waals surface area contributed by atoms with Gasteiger partial charge in [-0.25, -0.2) is 9.97 Å². The first-order chi connectivity index (χ1) is 11.6. The van der Waals surface area contributed by atoms with E-state index in [1.165, 1.54) is 0 Å². The molecule has 4 heterocycles. The molecular formula is C18H20N6. The Morgan fingerprint density at radius 1 is 1.12 bits per heavy atom. The van der Waals surface area contributed by atoms with E-state index in [9.17, 15) is 0 Å². The van der Waals surface area contributed by atoms with Crippen molar-refractivity contribution in [1.29, 1.82) is 0 Å². The van der Waals surface area contributed by atoms with E-state index in [2.05, 4.69) is 40.3 Å². The summed E-state index contributed by atoms with van der Waals surface area (Å²) in [5.74, 6) is 1.30. The molecule has 6 heteroatoms. The van der Waals surface area contributed by atoms with Crippen molar-refractivity contribution in [3.05, 3.63) is 59.8 Å². The van der Waals surface area contributed by atoms with Gasteiger partial charge in [0.05, 0.1) is 17.9 Å². The van der Waals surface area contributed by atoms with Crippen molar-refractivity contribution >= 4 is 17.1 Å². The van der Waals surface area contributed by atoms with Gasteiger partial charge < -0.3 is 9.72 Å². The summed E-state index contributed by atoms with van der Waals surface area (Å²) in [5.41, 5.74) is 4.82. The first-order valence-electron chi connectivity index (χ1n) is 8.14. The number of pyridine rings is 1. The first-order valence-corrected chi connectivity index (χ1v) is 8.14. The molecule has 6 nitrogen and oxygen atoms in total. The van der Waals surface area contributed by atoms with Gasteiger partial charge in [0.1, 0.15) is 11.5 Å². The minimum absolute atomic E-state index is 0.362. The highest BCUT2D eigenvalue weighted by Gasteiger charge is 2.11. The van der Waals surface area contributed by atoms with Crippen LogP contribution in [0.1, 0.15) is 36.8 Å². The lowest BCUT2D eigenvalue weighted by Gasteiger charge is -2.11. The summed E-state index contributed by atoms with van der Waals surface area (Å²) in [6.45, 7) is 6.91. The van der Waals surface area contributed by atoms with Crippen molar-refractivity contribution in [2.75, 3.05) is 5.32 Å². The monoisotopic (exact) mass is 320 g/mol. The molecule has 0 amide bonds. The average molecular weight is 320 g/mol. The van der Waals surface area contributed by atoms with Gasteiger partial charge in [-0.2, -0.15) is 9.61 Å². The summed E-state index contributed by atoms with van der Waals surface area (Å²) in [6, 6.07) is 10.1. The van der Waals surface area contributed by atoms with Crippen LogP contribution in [0.4, 0.5) is 5.82 Å². The summed E-state index contributed by atoms with van der Waals surface area (Å²) in [4.78, 5) is 9.31. The zero-order valence-corrected chi connectivity index (χ0v) is 14.1. The summed E-state index contributed by atoms with van der Waals surface area (Å²) >= 11 is 0. The zero-order valence-electron chi connectivity index (χ0n) is 14.1. The number of hydrogen-bond donors (Lipinski definition) is 1. The van der Waals surface area contributed by atoms with E-state index in [1.54, 1.807) is 0 Å². The molecule has 0 aliphatic heterocycles. The summed E-state index contributed by atoms with van der Waals surface area (Å²) in [6.07, 6.45) is 4.04. The molecule has 0 bridgehead atoms. The Balaban J connectivity index is 1.67. The second-order valence-electron chi connectivity index (χ2n) is 6.33. The molecule has 0 saturated heterocycles. The van der Waals surface area contributed by atoms with Crippen molar-refractivity contribution in [1.82, 2.24) is 24.0 Å². The van der Waals surface area contributed by atoms with Gasteiger partial charge in [-0.1, -0.05) is 19.9 Å². The van der Waals surface area contributed by atoms with Crippen LogP contribution in [0, 0.1) is 6.92 Å².